The fraction of sp³-hybridized carbons (Fsp3) is 1.00. The van der Waals surface area contributed by atoms with Crippen molar-refractivity contribution in [2.24, 2.45) is 17.8 Å². The van der Waals surface area contributed by atoms with Crippen molar-refractivity contribution >= 4 is 0 Å². The van der Waals surface area contributed by atoms with Gasteiger partial charge in [-0.1, -0.05) is 20.8 Å². The van der Waals surface area contributed by atoms with Crippen LogP contribution in [0.4, 0.5) is 0 Å². The van der Waals surface area contributed by atoms with Gasteiger partial charge in [0.1, 0.15) is 0 Å². The maximum absolute atomic E-state index is 3.71. The lowest BCUT2D eigenvalue weighted by atomic mass is 9.78. The molecule has 1 saturated carbocycles. The second kappa shape index (κ2) is 6.19. The van der Waals surface area contributed by atoms with Gasteiger partial charge < -0.3 is 10.2 Å². The van der Waals surface area contributed by atoms with Crippen molar-refractivity contribution in [3.8, 4) is 0 Å². The molecule has 2 aliphatic rings. The van der Waals surface area contributed by atoms with Gasteiger partial charge in [-0.3, -0.25) is 0 Å². The minimum Gasteiger partial charge on any atom is -0.314 e. The molecule has 1 aliphatic carbocycles. The molecule has 1 saturated heterocycles. The van der Waals surface area contributed by atoms with Crippen LogP contribution in [0.5, 0.6) is 0 Å². The summed E-state index contributed by atoms with van der Waals surface area (Å²) in [6, 6.07) is 0.784. The van der Waals surface area contributed by atoms with Gasteiger partial charge in [0.05, 0.1) is 0 Å². The summed E-state index contributed by atoms with van der Waals surface area (Å²) in [6.45, 7) is 12.2. The second-order valence-electron chi connectivity index (χ2n) is 6.50. The number of likely N-dealkylation sites (tertiary alicyclic amines) is 1. The van der Waals surface area contributed by atoms with Crippen LogP contribution in [0, 0.1) is 17.8 Å². The van der Waals surface area contributed by atoms with Crippen molar-refractivity contribution in [1.82, 2.24) is 10.2 Å². The first kappa shape index (κ1) is 13.4. The predicted molar refractivity (Wildman–Crippen MR) is 74.2 cm³/mol. The van der Waals surface area contributed by atoms with Gasteiger partial charge in [0, 0.05) is 19.1 Å². The highest BCUT2D eigenvalue weighted by atomic mass is 15.1. The average molecular weight is 238 g/mol. The SMILES string of the molecule is CCNC1CCC(C)CC1CN1CCC(C)C1. The largest absolute Gasteiger partial charge is 0.314 e. The number of nitrogens with one attached hydrogen (secondary N) is 1. The molecule has 1 heterocycles. The standard InChI is InChI=1S/C15H30N2/c1-4-16-15-6-5-12(2)9-14(15)11-17-8-7-13(3)10-17/h12-16H,4-11H2,1-3H3. The molecule has 0 bridgehead atoms. The summed E-state index contributed by atoms with van der Waals surface area (Å²) < 4.78 is 0. The highest BCUT2D eigenvalue weighted by molar-refractivity contribution is 4.86. The number of hydrogen-bond acceptors (Lipinski definition) is 2. The molecular formula is C15H30N2. The molecule has 2 rings (SSSR count). The third kappa shape index (κ3) is 3.69. The first-order valence-corrected chi connectivity index (χ1v) is 7.64. The Labute approximate surface area is 107 Å². The Hall–Kier alpha value is -0.0800. The van der Waals surface area contributed by atoms with E-state index in [2.05, 4.69) is 31.0 Å². The van der Waals surface area contributed by atoms with Gasteiger partial charge in [0.2, 0.25) is 0 Å². The van der Waals surface area contributed by atoms with Crippen LogP contribution < -0.4 is 5.32 Å². The fourth-order valence-corrected chi connectivity index (χ4v) is 3.76. The van der Waals surface area contributed by atoms with Crippen LogP contribution in [-0.2, 0) is 0 Å². The zero-order valence-electron chi connectivity index (χ0n) is 11.9. The first-order valence-electron chi connectivity index (χ1n) is 7.64. The number of hydrogen-bond donors (Lipinski definition) is 1. The zero-order chi connectivity index (χ0) is 12.3. The van der Waals surface area contributed by atoms with Gasteiger partial charge in [-0.2, -0.15) is 0 Å². The molecule has 4 atom stereocenters. The summed E-state index contributed by atoms with van der Waals surface area (Å²) in [7, 11) is 0. The minimum absolute atomic E-state index is 0.784. The number of nitrogens with zero attached hydrogens (tertiary/aromatic N) is 1. The molecule has 1 aliphatic heterocycles. The molecular weight excluding hydrogens is 208 g/mol. The predicted octanol–water partition coefficient (Wildman–Crippen LogP) is 2.74. The smallest absolute Gasteiger partial charge is 0.0108 e. The Morgan fingerprint density at radius 3 is 2.59 bits per heavy atom. The molecule has 0 radical (unpaired) electrons. The van der Waals surface area contributed by atoms with Crippen molar-refractivity contribution < 1.29 is 0 Å². The van der Waals surface area contributed by atoms with Crippen LogP contribution in [0.15, 0.2) is 0 Å². The van der Waals surface area contributed by atoms with Crippen LogP contribution in [0.2, 0.25) is 0 Å². The maximum Gasteiger partial charge on any atom is 0.0108 e. The molecule has 17 heavy (non-hydrogen) atoms. The Bertz CT molecular complexity index is 229. The van der Waals surface area contributed by atoms with Crippen molar-refractivity contribution in [3.63, 3.8) is 0 Å². The van der Waals surface area contributed by atoms with E-state index in [9.17, 15) is 0 Å². The van der Waals surface area contributed by atoms with E-state index >= 15 is 0 Å². The lowest BCUT2D eigenvalue weighted by Crippen LogP contribution is -2.45. The van der Waals surface area contributed by atoms with E-state index in [0.29, 0.717) is 0 Å². The third-order valence-electron chi connectivity index (χ3n) is 4.71. The van der Waals surface area contributed by atoms with Gasteiger partial charge in [-0.05, 0) is 56.5 Å². The molecule has 0 aromatic rings. The zero-order valence-corrected chi connectivity index (χ0v) is 11.9. The minimum atomic E-state index is 0.784. The van der Waals surface area contributed by atoms with E-state index in [1.54, 1.807) is 0 Å². The highest BCUT2D eigenvalue weighted by Crippen LogP contribution is 2.30. The molecule has 0 aromatic carbocycles. The molecule has 0 aromatic heterocycles. The topological polar surface area (TPSA) is 15.3 Å². The van der Waals surface area contributed by atoms with E-state index in [1.165, 1.54) is 45.3 Å². The summed E-state index contributed by atoms with van der Waals surface area (Å²) in [5.74, 6) is 2.76. The van der Waals surface area contributed by atoms with Crippen LogP contribution in [0.3, 0.4) is 0 Å². The second-order valence-corrected chi connectivity index (χ2v) is 6.50. The summed E-state index contributed by atoms with van der Waals surface area (Å²) in [4.78, 5) is 2.71. The summed E-state index contributed by atoms with van der Waals surface area (Å²) in [6.07, 6.45) is 5.66. The van der Waals surface area contributed by atoms with Crippen LogP contribution in [0.1, 0.15) is 46.5 Å². The first-order chi connectivity index (χ1) is 8.19. The fourth-order valence-electron chi connectivity index (χ4n) is 3.76. The Morgan fingerprint density at radius 2 is 1.94 bits per heavy atom. The molecule has 100 valence electrons. The van der Waals surface area contributed by atoms with E-state index in [4.69, 9.17) is 0 Å². The lowest BCUT2D eigenvalue weighted by molar-refractivity contribution is 0.159. The summed E-state index contributed by atoms with van der Waals surface area (Å²) in [5.41, 5.74) is 0. The molecule has 1 N–H and O–H groups in total. The number of rotatable bonds is 4. The van der Waals surface area contributed by atoms with Crippen molar-refractivity contribution in [1.29, 1.82) is 0 Å². The lowest BCUT2D eigenvalue weighted by Gasteiger charge is -2.37. The van der Waals surface area contributed by atoms with Crippen LogP contribution in [0.25, 0.3) is 0 Å². The Kier molecular flexibility index (Phi) is 4.87. The van der Waals surface area contributed by atoms with Crippen molar-refractivity contribution in [3.05, 3.63) is 0 Å². The van der Waals surface area contributed by atoms with E-state index in [0.717, 1.165) is 30.3 Å². The van der Waals surface area contributed by atoms with Gasteiger partial charge in [-0.15, -0.1) is 0 Å². The van der Waals surface area contributed by atoms with Gasteiger partial charge in [-0.25, -0.2) is 0 Å². The Balaban J connectivity index is 1.86. The molecule has 2 fully saturated rings. The quantitative estimate of drug-likeness (QED) is 0.810. The molecule has 2 heteroatoms. The van der Waals surface area contributed by atoms with Gasteiger partial charge in [0.15, 0.2) is 0 Å². The van der Waals surface area contributed by atoms with Crippen molar-refractivity contribution in [2.45, 2.75) is 52.5 Å². The normalized spacial score (nSPS) is 39.7. The van der Waals surface area contributed by atoms with E-state index < -0.39 is 0 Å². The van der Waals surface area contributed by atoms with Crippen LogP contribution in [-0.4, -0.2) is 37.1 Å². The monoisotopic (exact) mass is 238 g/mol. The van der Waals surface area contributed by atoms with Gasteiger partial charge >= 0.3 is 0 Å². The molecule has 4 unspecified atom stereocenters. The van der Waals surface area contributed by atoms with Gasteiger partial charge in [0.25, 0.3) is 0 Å². The Morgan fingerprint density at radius 1 is 1.12 bits per heavy atom. The summed E-state index contributed by atoms with van der Waals surface area (Å²) >= 11 is 0. The highest BCUT2D eigenvalue weighted by Gasteiger charge is 2.30. The van der Waals surface area contributed by atoms with E-state index in [-0.39, 0.29) is 0 Å². The molecule has 2 nitrogen and oxygen atoms in total. The average Bonchev–Trinajstić information content (AvgIpc) is 2.68. The third-order valence-corrected chi connectivity index (χ3v) is 4.71. The maximum atomic E-state index is 3.71. The molecule has 0 amide bonds. The van der Waals surface area contributed by atoms with E-state index in [1.807, 2.05) is 0 Å². The molecule has 0 spiro atoms. The van der Waals surface area contributed by atoms with Crippen molar-refractivity contribution in [2.75, 3.05) is 26.2 Å². The van der Waals surface area contributed by atoms with Crippen LogP contribution >= 0.6 is 0 Å². The summed E-state index contributed by atoms with van der Waals surface area (Å²) in [5, 5.41) is 3.71.